The van der Waals surface area contributed by atoms with Crippen molar-refractivity contribution in [3.8, 4) is 28.5 Å². The van der Waals surface area contributed by atoms with Gasteiger partial charge in [0.25, 0.3) is 0 Å². The molecule has 0 amide bonds. The molecule has 69 heavy (non-hydrogen) atoms. The van der Waals surface area contributed by atoms with E-state index in [1.54, 1.807) is 6.92 Å². The van der Waals surface area contributed by atoms with Crippen LogP contribution >= 0.6 is 0 Å². The summed E-state index contributed by atoms with van der Waals surface area (Å²) in [6.45, 7) is 3.97. The highest BCUT2D eigenvalue weighted by molar-refractivity contribution is 6.17. The summed E-state index contributed by atoms with van der Waals surface area (Å²) in [4.78, 5) is 15.9. The van der Waals surface area contributed by atoms with E-state index in [1.807, 2.05) is 24.3 Å². The Kier molecular flexibility index (Phi) is 10.5. The van der Waals surface area contributed by atoms with Gasteiger partial charge < -0.3 is 14.2 Å². The minimum absolute atomic E-state index is 0.596. The van der Waals surface area contributed by atoms with Crippen LogP contribution in [0, 0.1) is 0 Å². The first-order valence-corrected chi connectivity index (χ1v) is 23.8. The van der Waals surface area contributed by atoms with E-state index in [9.17, 15) is 5.11 Å². The molecule has 3 heterocycles. The molecule has 0 saturated heterocycles. The van der Waals surface area contributed by atoms with Crippen molar-refractivity contribution in [2.75, 3.05) is 0 Å². The molecule has 0 aliphatic carbocycles. The zero-order chi connectivity index (χ0) is 46.5. The smallest absolute Gasteiger partial charge is 0.163 e. The average Bonchev–Trinajstić information content (AvgIpc) is 3.89. The highest BCUT2D eigenvalue weighted by Gasteiger charge is 2.29. The van der Waals surface area contributed by atoms with Crippen LogP contribution in [-0.2, 0) is 5.41 Å². The molecule has 0 aliphatic heterocycles. The maximum absolute atomic E-state index is 10.8. The molecule has 2 atom stereocenters. The number of benzene rings is 9. The van der Waals surface area contributed by atoms with Gasteiger partial charge in [-0.05, 0) is 114 Å². The third kappa shape index (κ3) is 7.65. The summed E-state index contributed by atoms with van der Waals surface area (Å²) in [6, 6.07) is 73.1. The van der Waals surface area contributed by atoms with Crippen LogP contribution in [0.4, 0.5) is 0 Å². The van der Waals surface area contributed by atoms with E-state index in [2.05, 4.69) is 216 Å². The number of fused-ring (bicyclic) bond motifs is 8. The van der Waals surface area contributed by atoms with Gasteiger partial charge in [-0.25, -0.2) is 15.0 Å². The molecule has 1 N–H and O–H groups in total. The maximum Gasteiger partial charge on any atom is 0.163 e. The molecule has 0 spiro atoms. The third-order valence-corrected chi connectivity index (χ3v) is 13.7. The van der Waals surface area contributed by atoms with Crippen molar-refractivity contribution in [3.05, 3.63) is 236 Å². The summed E-state index contributed by atoms with van der Waals surface area (Å²) >= 11 is 0. The lowest BCUT2D eigenvalue weighted by molar-refractivity contribution is 0.242. The normalized spacial score (nSPS) is 13.6. The van der Waals surface area contributed by atoms with Gasteiger partial charge in [0.15, 0.2) is 11.6 Å². The number of aliphatic hydroxyl groups excluding tert-OH is 1. The second kappa shape index (κ2) is 17.3. The fourth-order valence-electron chi connectivity index (χ4n) is 10.2. The monoisotopic (exact) mass is 891 g/mol. The topological polar surface area (TPSA) is 68.8 Å². The number of para-hydroxylation sites is 2. The Hall–Kier alpha value is -8.45. The van der Waals surface area contributed by atoms with Crippen LogP contribution in [0.15, 0.2) is 224 Å². The molecule has 0 radical (unpaired) electrons. The van der Waals surface area contributed by atoms with Gasteiger partial charge in [0, 0.05) is 49.5 Å². The standard InChI is InChI=1S/C63H49N5O/c1-42(69)34-36-63(2,35-18-31-55(43-19-6-3-7-20-43)68-58-40-47-25-14-12-23-45(47)37-53(58)54-38-46-24-13-15-26-48(46)41-59(54)68)62-65-60(44-21-8-4-9-22-44)64-61(66-62)49-32-33-57-52(39-49)51-29-16-17-30-56(51)67(57)50-27-10-5-11-28-50/h3-17,19-34,36-42,69H,18,35H2,1-2H3/b36-34-,55-31+. The van der Waals surface area contributed by atoms with E-state index >= 15 is 0 Å². The quantitative estimate of drug-likeness (QED) is 0.131. The van der Waals surface area contributed by atoms with Crippen LogP contribution in [-0.4, -0.2) is 35.3 Å². The second-order valence-corrected chi connectivity index (χ2v) is 18.4. The molecule has 6 nitrogen and oxygen atoms in total. The van der Waals surface area contributed by atoms with Crippen molar-refractivity contribution < 1.29 is 5.11 Å². The van der Waals surface area contributed by atoms with Gasteiger partial charge in [-0.15, -0.1) is 0 Å². The number of hydrogen-bond donors (Lipinski definition) is 1. The van der Waals surface area contributed by atoms with Crippen LogP contribution < -0.4 is 0 Å². The van der Waals surface area contributed by atoms with Crippen molar-refractivity contribution >= 4 is 70.9 Å². The van der Waals surface area contributed by atoms with Gasteiger partial charge in [0.1, 0.15) is 5.82 Å². The number of aliphatic hydroxyl groups is 1. The molecule has 0 aliphatic rings. The number of aromatic nitrogens is 5. The summed E-state index contributed by atoms with van der Waals surface area (Å²) in [6.07, 6.45) is 7.00. The molecule has 9 aromatic carbocycles. The van der Waals surface area contributed by atoms with Crippen LogP contribution in [0.2, 0.25) is 0 Å². The lowest BCUT2D eigenvalue weighted by atomic mass is 9.83. The van der Waals surface area contributed by atoms with Crippen LogP contribution in [0.1, 0.15) is 38.1 Å². The van der Waals surface area contributed by atoms with Crippen molar-refractivity contribution in [1.29, 1.82) is 0 Å². The molecule has 0 saturated carbocycles. The minimum atomic E-state index is -0.711. The van der Waals surface area contributed by atoms with Crippen molar-refractivity contribution in [2.24, 2.45) is 0 Å². The number of nitrogens with zero attached hydrogens (tertiary/aromatic N) is 5. The second-order valence-electron chi connectivity index (χ2n) is 18.4. The fraction of sp³-hybridized carbons (Fsp3) is 0.0952. The van der Waals surface area contributed by atoms with Gasteiger partial charge in [-0.2, -0.15) is 0 Å². The third-order valence-electron chi connectivity index (χ3n) is 13.7. The van der Waals surface area contributed by atoms with Gasteiger partial charge in [-0.3, -0.25) is 0 Å². The van der Waals surface area contributed by atoms with Crippen LogP contribution in [0.25, 0.3) is 99.3 Å². The van der Waals surface area contributed by atoms with E-state index in [1.165, 1.54) is 32.3 Å². The Morgan fingerprint density at radius 3 is 1.68 bits per heavy atom. The zero-order valence-corrected chi connectivity index (χ0v) is 38.5. The molecule has 332 valence electrons. The number of rotatable bonds is 11. The summed E-state index contributed by atoms with van der Waals surface area (Å²) in [5, 5.41) is 20.3. The first-order valence-electron chi connectivity index (χ1n) is 23.8. The van der Waals surface area contributed by atoms with Crippen LogP contribution in [0.3, 0.4) is 0 Å². The summed E-state index contributed by atoms with van der Waals surface area (Å²) < 4.78 is 4.78. The summed E-state index contributed by atoms with van der Waals surface area (Å²) in [7, 11) is 0. The van der Waals surface area contributed by atoms with E-state index in [-0.39, 0.29) is 0 Å². The lowest BCUT2D eigenvalue weighted by Gasteiger charge is -2.26. The Bertz CT molecular complexity index is 3850. The largest absolute Gasteiger partial charge is 0.389 e. The molecule has 0 bridgehead atoms. The minimum Gasteiger partial charge on any atom is -0.389 e. The number of allylic oxidation sites excluding steroid dienone is 2. The van der Waals surface area contributed by atoms with E-state index in [0.717, 1.165) is 60.9 Å². The Labute approximate surface area is 400 Å². The Morgan fingerprint density at radius 1 is 0.522 bits per heavy atom. The molecular weight excluding hydrogens is 843 g/mol. The van der Waals surface area contributed by atoms with Crippen LogP contribution in [0.5, 0.6) is 0 Å². The number of hydrogen-bond acceptors (Lipinski definition) is 4. The van der Waals surface area contributed by atoms with Gasteiger partial charge >= 0.3 is 0 Å². The SMILES string of the molecule is CC(O)/C=C\C(C)(CC/C=C(\c1ccccc1)n1c2cc3ccccc3cc2c2cc3ccccc3cc21)c1nc(-c2ccccc2)nc(-c2ccc3c(c2)c2ccccc2n3-c2ccccc2)n1. The molecule has 3 aromatic heterocycles. The van der Waals surface area contributed by atoms with Crippen molar-refractivity contribution in [1.82, 2.24) is 24.1 Å². The highest BCUT2D eigenvalue weighted by Crippen LogP contribution is 2.40. The van der Waals surface area contributed by atoms with E-state index in [0.29, 0.717) is 30.3 Å². The Morgan fingerprint density at radius 2 is 1.04 bits per heavy atom. The maximum atomic E-state index is 10.8. The lowest BCUT2D eigenvalue weighted by Crippen LogP contribution is -2.24. The average molecular weight is 892 g/mol. The zero-order valence-electron chi connectivity index (χ0n) is 38.5. The molecule has 6 heteroatoms. The van der Waals surface area contributed by atoms with Gasteiger partial charge in [0.2, 0.25) is 0 Å². The summed E-state index contributed by atoms with van der Waals surface area (Å²) in [5.74, 6) is 1.84. The fourth-order valence-corrected chi connectivity index (χ4v) is 10.2. The Balaban J connectivity index is 1.02. The predicted octanol–water partition coefficient (Wildman–Crippen LogP) is 15.3. The van der Waals surface area contributed by atoms with E-state index in [4.69, 9.17) is 15.0 Å². The predicted molar refractivity (Wildman–Crippen MR) is 287 cm³/mol. The molecule has 12 aromatic rings. The van der Waals surface area contributed by atoms with Crippen molar-refractivity contribution in [2.45, 2.75) is 38.2 Å². The van der Waals surface area contributed by atoms with Gasteiger partial charge in [-0.1, -0.05) is 164 Å². The summed E-state index contributed by atoms with van der Waals surface area (Å²) in [5.41, 5.74) is 8.99. The molecule has 12 rings (SSSR count). The van der Waals surface area contributed by atoms with E-state index < -0.39 is 11.5 Å². The highest BCUT2D eigenvalue weighted by atomic mass is 16.3. The molecule has 0 fully saturated rings. The van der Waals surface area contributed by atoms with Crippen molar-refractivity contribution in [3.63, 3.8) is 0 Å². The van der Waals surface area contributed by atoms with Gasteiger partial charge in [0.05, 0.1) is 28.2 Å². The molecule has 2 unspecified atom stereocenters. The first-order chi connectivity index (χ1) is 33.9. The first kappa shape index (κ1) is 41.9. The molecular formula is C63H49N5O.